The van der Waals surface area contributed by atoms with E-state index in [1.807, 2.05) is 13.8 Å². The van der Waals surface area contributed by atoms with E-state index in [1.165, 1.54) is 16.8 Å². The molecule has 0 spiro atoms. The highest BCUT2D eigenvalue weighted by molar-refractivity contribution is 5.28. The van der Waals surface area contributed by atoms with Crippen LogP contribution in [0.1, 0.15) is 13.8 Å². The van der Waals surface area contributed by atoms with Gasteiger partial charge in [-0.3, -0.25) is 14.3 Å². The third kappa shape index (κ3) is 2.76. The van der Waals surface area contributed by atoms with Crippen molar-refractivity contribution >= 4 is 0 Å². The largest absolute Gasteiger partial charge is 0.280 e. The molecule has 0 fully saturated rings. The molecule has 0 aliphatic rings. The Hall–Kier alpha value is -1.97. The molecule has 0 aliphatic carbocycles. The third-order valence-electron chi connectivity index (χ3n) is 1.80. The Kier molecular flexibility index (Phi) is 4.39. The van der Waals surface area contributed by atoms with Gasteiger partial charge in [0.05, 0.1) is 11.9 Å². The van der Waals surface area contributed by atoms with Crippen molar-refractivity contribution in [2.24, 2.45) is 0 Å². The van der Waals surface area contributed by atoms with Gasteiger partial charge in [-0.25, -0.2) is 4.39 Å². The molecule has 0 saturated carbocycles. The van der Waals surface area contributed by atoms with Gasteiger partial charge in [-0.05, 0) is 18.2 Å². The number of nitrogens with zero attached hydrogens (tertiary/aromatic N) is 2. The zero-order valence-corrected chi connectivity index (χ0v) is 9.22. The van der Waals surface area contributed by atoms with E-state index >= 15 is 0 Å². The van der Waals surface area contributed by atoms with Gasteiger partial charge >= 0.3 is 0 Å². The van der Waals surface area contributed by atoms with Crippen LogP contribution in [-0.2, 0) is 0 Å². The van der Waals surface area contributed by atoms with E-state index in [0.717, 1.165) is 12.3 Å². The lowest BCUT2D eigenvalue weighted by atomic mass is 10.4. The topological polar surface area (TPSA) is 34.9 Å². The molecule has 0 unspecified atom stereocenters. The van der Waals surface area contributed by atoms with Crippen LogP contribution >= 0.6 is 0 Å². The van der Waals surface area contributed by atoms with Crippen molar-refractivity contribution in [1.82, 2.24) is 9.55 Å². The summed E-state index contributed by atoms with van der Waals surface area (Å²) in [5, 5.41) is 0. The van der Waals surface area contributed by atoms with E-state index in [0.29, 0.717) is 5.69 Å². The van der Waals surface area contributed by atoms with E-state index in [1.54, 1.807) is 18.3 Å². The molecule has 3 nitrogen and oxygen atoms in total. The second kappa shape index (κ2) is 5.80. The van der Waals surface area contributed by atoms with Gasteiger partial charge in [-0.15, -0.1) is 0 Å². The Morgan fingerprint density at radius 3 is 2.62 bits per heavy atom. The molecule has 0 N–H and O–H groups in total. The summed E-state index contributed by atoms with van der Waals surface area (Å²) in [4.78, 5) is 15.2. The predicted molar refractivity (Wildman–Crippen MR) is 61.1 cm³/mol. The van der Waals surface area contributed by atoms with E-state index in [2.05, 4.69) is 4.98 Å². The highest BCUT2D eigenvalue weighted by atomic mass is 19.1. The Morgan fingerprint density at radius 1 is 1.25 bits per heavy atom. The predicted octanol–water partition coefficient (Wildman–Crippen LogP) is 2.40. The summed E-state index contributed by atoms with van der Waals surface area (Å²) in [7, 11) is 0. The smallest absolute Gasteiger partial charge is 0.255 e. The minimum Gasteiger partial charge on any atom is -0.280 e. The maximum atomic E-state index is 12.9. The second-order valence-corrected chi connectivity index (χ2v) is 2.77. The highest BCUT2D eigenvalue weighted by Crippen LogP contribution is 2.02. The lowest BCUT2D eigenvalue weighted by Crippen LogP contribution is -2.16. The third-order valence-corrected chi connectivity index (χ3v) is 1.80. The maximum Gasteiger partial charge on any atom is 0.255 e. The minimum atomic E-state index is -0.451. The summed E-state index contributed by atoms with van der Waals surface area (Å²) in [5.74, 6) is -0.451. The van der Waals surface area contributed by atoms with Gasteiger partial charge in [0.25, 0.3) is 5.56 Å². The average Bonchev–Trinajstić information content (AvgIpc) is 2.36. The fourth-order valence-electron chi connectivity index (χ4n) is 1.16. The molecule has 0 saturated heterocycles. The Balaban J connectivity index is 0.000000606. The van der Waals surface area contributed by atoms with Gasteiger partial charge in [0.1, 0.15) is 5.82 Å². The molecule has 0 amide bonds. The Labute approximate surface area is 93.2 Å². The molecule has 2 rings (SSSR count). The highest BCUT2D eigenvalue weighted by Gasteiger charge is 1.99. The monoisotopic (exact) mass is 220 g/mol. The molecule has 4 heteroatoms. The zero-order valence-electron chi connectivity index (χ0n) is 9.22. The van der Waals surface area contributed by atoms with Crippen molar-refractivity contribution in [1.29, 1.82) is 0 Å². The minimum absolute atomic E-state index is 0.278. The lowest BCUT2D eigenvalue weighted by Gasteiger charge is -2.03. The van der Waals surface area contributed by atoms with E-state index in [9.17, 15) is 9.18 Å². The van der Waals surface area contributed by atoms with Crippen molar-refractivity contribution in [3.05, 3.63) is 59.0 Å². The summed E-state index contributed by atoms with van der Waals surface area (Å²) >= 11 is 0. The molecule has 16 heavy (non-hydrogen) atoms. The Bertz CT molecular complexity index is 494. The van der Waals surface area contributed by atoms with Gasteiger partial charge in [0.15, 0.2) is 0 Å². The van der Waals surface area contributed by atoms with Crippen LogP contribution in [0.25, 0.3) is 5.69 Å². The molecule has 2 aromatic rings. The van der Waals surface area contributed by atoms with Crippen LogP contribution in [0.2, 0.25) is 0 Å². The summed E-state index contributed by atoms with van der Waals surface area (Å²) < 4.78 is 14.1. The number of hydrogen-bond acceptors (Lipinski definition) is 2. The molecular weight excluding hydrogens is 207 g/mol. The SMILES string of the molecule is CC.O=c1ccc(F)cn1-c1cccnc1. The van der Waals surface area contributed by atoms with E-state index < -0.39 is 5.82 Å². The molecule has 0 bridgehead atoms. The number of aromatic nitrogens is 2. The molecule has 0 aliphatic heterocycles. The molecule has 0 atom stereocenters. The van der Waals surface area contributed by atoms with Crippen molar-refractivity contribution in [2.45, 2.75) is 13.8 Å². The lowest BCUT2D eigenvalue weighted by molar-refractivity contribution is 0.612. The van der Waals surface area contributed by atoms with Crippen LogP contribution < -0.4 is 5.56 Å². The molecule has 0 radical (unpaired) electrons. The van der Waals surface area contributed by atoms with Crippen molar-refractivity contribution in [3.8, 4) is 5.69 Å². The number of halogens is 1. The Morgan fingerprint density at radius 2 is 2.00 bits per heavy atom. The van der Waals surface area contributed by atoms with E-state index in [4.69, 9.17) is 0 Å². The van der Waals surface area contributed by atoms with Gasteiger partial charge in [0.2, 0.25) is 0 Å². The first-order valence-electron chi connectivity index (χ1n) is 5.06. The van der Waals surface area contributed by atoms with Crippen LogP contribution in [-0.4, -0.2) is 9.55 Å². The fraction of sp³-hybridized carbons (Fsp3) is 0.167. The molecule has 84 valence electrons. The van der Waals surface area contributed by atoms with Crippen LogP contribution in [0.3, 0.4) is 0 Å². The van der Waals surface area contributed by atoms with Gasteiger partial charge in [-0.2, -0.15) is 0 Å². The van der Waals surface area contributed by atoms with Crippen LogP contribution in [0.5, 0.6) is 0 Å². The van der Waals surface area contributed by atoms with Crippen molar-refractivity contribution in [3.63, 3.8) is 0 Å². The first-order chi connectivity index (χ1) is 7.77. The van der Waals surface area contributed by atoms with Crippen LogP contribution in [0.15, 0.2) is 47.7 Å². The van der Waals surface area contributed by atoms with Crippen LogP contribution in [0, 0.1) is 5.82 Å². The second-order valence-electron chi connectivity index (χ2n) is 2.77. The molecular formula is C12H13FN2O. The number of rotatable bonds is 1. The molecule has 2 heterocycles. The zero-order chi connectivity index (χ0) is 12.0. The van der Waals surface area contributed by atoms with Crippen molar-refractivity contribution < 1.29 is 4.39 Å². The van der Waals surface area contributed by atoms with Gasteiger partial charge in [-0.1, -0.05) is 13.8 Å². The van der Waals surface area contributed by atoms with E-state index in [-0.39, 0.29) is 5.56 Å². The first kappa shape index (κ1) is 12.1. The van der Waals surface area contributed by atoms with Gasteiger partial charge < -0.3 is 0 Å². The summed E-state index contributed by atoms with van der Waals surface area (Å²) in [6.45, 7) is 4.00. The first-order valence-corrected chi connectivity index (χ1v) is 5.06. The fourth-order valence-corrected chi connectivity index (χ4v) is 1.16. The summed E-state index contributed by atoms with van der Waals surface area (Å²) in [6, 6.07) is 5.69. The summed E-state index contributed by atoms with van der Waals surface area (Å²) in [5.41, 5.74) is 0.274. The van der Waals surface area contributed by atoms with Gasteiger partial charge in [0, 0.05) is 18.5 Å². The van der Waals surface area contributed by atoms with Crippen LogP contribution in [0.4, 0.5) is 4.39 Å². The molecule has 2 aromatic heterocycles. The maximum absolute atomic E-state index is 12.9. The standard InChI is InChI=1S/C10H7FN2O.C2H6/c11-8-3-4-10(14)13(7-8)9-2-1-5-12-6-9;1-2/h1-7H;1-2H3. The quantitative estimate of drug-likeness (QED) is 0.739. The molecule has 0 aromatic carbocycles. The summed E-state index contributed by atoms with van der Waals surface area (Å²) in [6.07, 6.45) is 4.23. The number of pyridine rings is 2. The normalized spacial score (nSPS) is 9.19. The van der Waals surface area contributed by atoms with Crippen molar-refractivity contribution in [2.75, 3.05) is 0 Å². The average molecular weight is 220 g/mol. The number of hydrogen-bond donors (Lipinski definition) is 0.